The molecule has 0 bridgehead atoms. The number of nitrogens with zero attached hydrogens (tertiary/aromatic N) is 1. The van der Waals surface area contributed by atoms with E-state index < -0.39 is 0 Å². The maximum atomic E-state index is 5.45. The molecule has 0 saturated heterocycles. The molecule has 2 aromatic rings. The predicted octanol–water partition coefficient (Wildman–Crippen LogP) is 2.93. The van der Waals surface area contributed by atoms with Crippen LogP contribution in [0, 0.1) is 0 Å². The Morgan fingerprint density at radius 3 is 3.06 bits per heavy atom. The molecule has 0 aliphatic rings. The van der Waals surface area contributed by atoms with Gasteiger partial charge in [0.2, 0.25) is 5.96 Å². The minimum atomic E-state index is 0.609. The van der Waals surface area contributed by atoms with Crippen LogP contribution in [-0.4, -0.2) is 12.5 Å². The molecule has 1 heterocycles. The van der Waals surface area contributed by atoms with Gasteiger partial charge in [-0.2, -0.15) is 0 Å². The average molecular weight is 262 g/mol. The van der Waals surface area contributed by atoms with Crippen LogP contribution >= 0.6 is 11.3 Å². The van der Waals surface area contributed by atoms with E-state index in [2.05, 4.69) is 46.2 Å². The summed E-state index contributed by atoms with van der Waals surface area (Å²) in [6, 6.07) is 8.33. The Labute approximate surface area is 111 Å². The summed E-state index contributed by atoms with van der Waals surface area (Å²) in [6.45, 7) is 2.92. The zero-order valence-electron chi connectivity index (χ0n) is 10.4. The number of hydrogen-bond acceptors (Lipinski definition) is 3. The first-order chi connectivity index (χ1) is 8.83. The van der Waals surface area contributed by atoms with Crippen molar-refractivity contribution >= 4 is 33.1 Å². The molecule has 4 N–H and O–H groups in total. The van der Waals surface area contributed by atoms with Gasteiger partial charge in [0.05, 0.1) is 0 Å². The lowest BCUT2D eigenvalue weighted by atomic mass is 10.2. The minimum Gasteiger partial charge on any atom is -0.325 e. The van der Waals surface area contributed by atoms with E-state index in [1.165, 1.54) is 10.1 Å². The van der Waals surface area contributed by atoms with Gasteiger partial charge in [-0.15, -0.1) is 11.3 Å². The Hall–Kier alpha value is -1.59. The van der Waals surface area contributed by atoms with Crippen LogP contribution in [0.25, 0.3) is 10.1 Å². The number of thiophene rings is 1. The highest BCUT2D eigenvalue weighted by molar-refractivity contribution is 7.17. The fourth-order valence-corrected chi connectivity index (χ4v) is 2.42. The average Bonchev–Trinajstić information content (AvgIpc) is 2.85. The standard InChI is InChI=1S/C13H18N4S/c1-2-3-7-15-13(17-14)16-11-4-5-12-10(9-11)6-8-18-12/h4-6,8-9H,2-3,7,14H2,1H3,(H2,15,16,17). The van der Waals surface area contributed by atoms with Gasteiger partial charge in [0, 0.05) is 16.9 Å². The fraction of sp³-hybridized carbons (Fsp3) is 0.308. The normalized spacial score (nSPS) is 11.8. The van der Waals surface area contributed by atoms with Crippen LogP contribution in [0.15, 0.2) is 34.6 Å². The molecule has 96 valence electrons. The van der Waals surface area contributed by atoms with Crippen LogP contribution < -0.4 is 16.6 Å². The van der Waals surface area contributed by atoms with E-state index in [4.69, 9.17) is 5.84 Å². The topological polar surface area (TPSA) is 62.4 Å². The second kappa shape index (κ2) is 6.37. The largest absolute Gasteiger partial charge is 0.325 e. The number of nitrogens with one attached hydrogen (secondary N) is 2. The lowest BCUT2D eigenvalue weighted by molar-refractivity contribution is 0.801. The third-order valence-corrected chi connectivity index (χ3v) is 3.53. The summed E-state index contributed by atoms with van der Waals surface area (Å²) in [7, 11) is 0. The van der Waals surface area contributed by atoms with Crippen LogP contribution in [-0.2, 0) is 0 Å². The summed E-state index contributed by atoms with van der Waals surface area (Å²) in [5, 5.41) is 6.51. The Kier molecular flexibility index (Phi) is 4.55. The number of fused-ring (bicyclic) bond motifs is 1. The number of hydrazine groups is 1. The summed E-state index contributed by atoms with van der Waals surface area (Å²) < 4.78 is 1.28. The smallest absolute Gasteiger partial charge is 0.210 e. The van der Waals surface area contributed by atoms with Gasteiger partial charge in [-0.1, -0.05) is 13.3 Å². The van der Waals surface area contributed by atoms with Gasteiger partial charge < -0.3 is 5.32 Å². The zero-order chi connectivity index (χ0) is 12.8. The van der Waals surface area contributed by atoms with E-state index >= 15 is 0 Å². The van der Waals surface area contributed by atoms with E-state index in [9.17, 15) is 0 Å². The molecule has 0 spiro atoms. The summed E-state index contributed by atoms with van der Waals surface area (Å²) in [6.07, 6.45) is 2.19. The van der Waals surface area contributed by atoms with E-state index in [0.717, 1.165) is 25.1 Å². The summed E-state index contributed by atoms with van der Waals surface area (Å²) >= 11 is 1.74. The third-order valence-electron chi connectivity index (χ3n) is 2.63. The highest BCUT2D eigenvalue weighted by Gasteiger charge is 2.00. The van der Waals surface area contributed by atoms with E-state index in [1.807, 2.05) is 6.07 Å². The summed E-state index contributed by atoms with van der Waals surface area (Å²) in [4.78, 5) is 4.37. The van der Waals surface area contributed by atoms with Crippen molar-refractivity contribution in [3.8, 4) is 0 Å². The van der Waals surface area contributed by atoms with Gasteiger partial charge in [-0.05, 0) is 41.5 Å². The highest BCUT2D eigenvalue weighted by Crippen LogP contribution is 2.23. The Bertz CT molecular complexity index is 533. The van der Waals surface area contributed by atoms with Crippen LogP contribution in [0.4, 0.5) is 5.69 Å². The fourth-order valence-electron chi connectivity index (χ4n) is 1.65. The molecule has 0 aliphatic carbocycles. The molecule has 0 amide bonds. The molecule has 4 nitrogen and oxygen atoms in total. The zero-order valence-corrected chi connectivity index (χ0v) is 11.3. The molecule has 1 aromatic carbocycles. The van der Waals surface area contributed by atoms with Crippen molar-refractivity contribution in [2.45, 2.75) is 19.8 Å². The summed E-state index contributed by atoms with van der Waals surface area (Å²) in [5.41, 5.74) is 3.59. The van der Waals surface area contributed by atoms with Crippen molar-refractivity contribution in [3.05, 3.63) is 29.6 Å². The summed E-state index contributed by atoms with van der Waals surface area (Å²) in [5.74, 6) is 6.06. The number of unbranched alkanes of at least 4 members (excludes halogenated alkanes) is 1. The van der Waals surface area contributed by atoms with Gasteiger partial charge in [0.1, 0.15) is 0 Å². The minimum absolute atomic E-state index is 0.609. The van der Waals surface area contributed by atoms with Crippen molar-refractivity contribution in [2.24, 2.45) is 10.8 Å². The third kappa shape index (κ3) is 3.21. The molecule has 0 saturated carbocycles. The van der Waals surface area contributed by atoms with Crippen molar-refractivity contribution in [3.63, 3.8) is 0 Å². The second-order valence-electron chi connectivity index (χ2n) is 4.03. The van der Waals surface area contributed by atoms with E-state index in [-0.39, 0.29) is 0 Å². The van der Waals surface area contributed by atoms with Crippen LogP contribution in [0.2, 0.25) is 0 Å². The quantitative estimate of drug-likeness (QED) is 0.261. The van der Waals surface area contributed by atoms with Crippen molar-refractivity contribution in [1.29, 1.82) is 0 Å². The number of rotatable bonds is 4. The maximum absolute atomic E-state index is 5.45. The molecule has 1 aromatic heterocycles. The number of anilines is 1. The first kappa shape index (κ1) is 12.9. The first-order valence-electron chi connectivity index (χ1n) is 6.09. The molecule has 0 fully saturated rings. The predicted molar refractivity (Wildman–Crippen MR) is 80.0 cm³/mol. The number of benzene rings is 1. The number of hydrogen-bond donors (Lipinski definition) is 3. The lowest BCUT2D eigenvalue weighted by Gasteiger charge is -2.09. The van der Waals surface area contributed by atoms with Crippen molar-refractivity contribution < 1.29 is 0 Å². The van der Waals surface area contributed by atoms with Crippen LogP contribution in [0.1, 0.15) is 19.8 Å². The Morgan fingerprint density at radius 1 is 1.39 bits per heavy atom. The first-order valence-corrected chi connectivity index (χ1v) is 6.97. The van der Waals surface area contributed by atoms with Crippen molar-refractivity contribution in [1.82, 2.24) is 5.43 Å². The number of nitrogens with two attached hydrogens (primary N) is 1. The van der Waals surface area contributed by atoms with Crippen molar-refractivity contribution in [2.75, 3.05) is 11.9 Å². The van der Waals surface area contributed by atoms with Gasteiger partial charge in [-0.25, -0.2) is 5.84 Å². The highest BCUT2D eigenvalue weighted by atomic mass is 32.1. The Morgan fingerprint density at radius 2 is 2.28 bits per heavy atom. The SMILES string of the molecule is CCCCN=C(NN)Nc1ccc2sccc2c1. The molecular formula is C13H18N4S. The molecule has 0 unspecified atom stereocenters. The van der Waals surface area contributed by atoms with Crippen LogP contribution in [0.3, 0.4) is 0 Å². The van der Waals surface area contributed by atoms with E-state index in [0.29, 0.717) is 5.96 Å². The molecule has 5 heteroatoms. The maximum Gasteiger partial charge on any atom is 0.210 e. The molecule has 0 radical (unpaired) electrons. The van der Waals surface area contributed by atoms with Gasteiger partial charge in [0.15, 0.2) is 0 Å². The number of guanidine groups is 1. The number of aliphatic imine (C=N–C) groups is 1. The van der Waals surface area contributed by atoms with Crippen LogP contribution in [0.5, 0.6) is 0 Å². The molecule has 18 heavy (non-hydrogen) atoms. The van der Waals surface area contributed by atoms with E-state index in [1.54, 1.807) is 11.3 Å². The van der Waals surface area contributed by atoms with Gasteiger partial charge in [-0.3, -0.25) is 10.4 Å². The molecule has 0 atom stereocenters. The molecular weight excluding hydrogens is 244 g/mol. The molecule has 0 aliphatic heterocycles. The lowest BCUT2D eigenvalue weighted by Crippen LogP contribution is -2.36. The van der Waals surface area contributed by atoms with Gasteiger partial charge >= 0.3 is 0 Å². The Balaban J connectivity index is 2.08. The van der Waals surface area contributed by atoms with Gasteiger partial charge in [0.25, 0.3) is 0 Å². The second-order valence-corrected chi connectivity index (χ2v) is 4.97. The molecule has 2 rings (SSSR count). The monoisotopic (exact) mass is 262 g/mol.